The lowest BCUT2D eigenvalue weighted by Crippen LogP contribution is -2.45. The van der Waals surface area contributed by atoms with E-state index in [2.05, 4.69) is 60.0 Å². The lowest BCUT2D eigenvalue weighted by Gasteiger charge is -2.35. The quantitative estimate of drug-likeness (QED) is 0.244. The number of hydrazine groups is 2. The van der Waals surface area contributed by atoms with Crippen molar-refractivity contribution in [1.82, 2.24) is 21.0 Å². The van der Waals surface area contributed by atoms with Crippen LogP contribution < -0.4 is 21.6 Å². The average Bonchev–Trinajstić information content (AvgIpc) is 3.37. The molecule has 1 aliphatic rings. The number of rotatable bonds is 8. The normalized spacial score (nSPS) is 14.9. The van der Waals surface area contributed by atoms with Gasteiger partial charge in [-0.3, -0.25) is 9.99 Å². The van der Waals surface area contributed by atoms with Gasteiger partial charge in [0.15, 0.2) is 0 Å². The van der Waals surface area contributed by atoms with Crippen LogP contribution in [0, 0.1) is 16.7 Å². The molecule has 0 bridgehead atoms. The fourth-order valence-electron chi connectivity index (χ4n) is 4.10. The Labute approximate surface area is 235 Å². The first-order valence-electron chi connectivity index (χ1n) is 12.3. The maximum absolute atomic E-state index is 9.80. The van der Waals surface area contributed by atoms with Crippen molar-refractivity contribution in [3.8, 4) is 6.07 Å². The van der Waals surface area contributed by atoms with E-state index >= 15 is 0 Å². The summed E-state index contributed by atoms with van der Waals surface area (Å²) < 4.78 is 0. The van der Waals surface area contributed by atoms with Gasteiger partial charge in [0.25, 0.3) is 0 Å². The van der Waals surface area contributed by atoms with Crippen molar-refractivity contribution in [3.05, 3.63) is 87.9 Å². The molecule has 1 aromatic heterocycles. The van der Waals surface area contributed by atoms with Gasteiger partial charge in [-0.25, -0.2) is 0 Å². The van der Waals surface area contributed by atoms with E-state index in [-0.39, 0.29) is 5.41 Å². The van der Waals surface area contributed by atoms with Crippen LogP contribution in [0.1, 0.15) is 45.2 Å². The highest BCUT2D eigenvalue weighted by Crippen LogP contribution is 2.39. The number of benzene rings is 2. The summed E-state index contributed by atoms with van der Waals surface area (Å²) in [6, 6.07) is 13.3. The fourth-order valence-corrected chi connectivity index (χ4v) is 4.66. The zero-order valence-electron chi connectivity index (χ0n) is 21.9. The summed E-state index contributed by atoms with van der Waals surface area (Å²) in [6.07, 6.45) is 4.13. The molecule has 1 atom stereocenters. The Morgan fingerprint density at radius 3 is 2.61 bits per heavy atom. The first-order valence-corrected chi connectivity index (χ1v) is 13.0. The summed E-state index contributed by atoms with van der Waals surface area (Å²) in [7, 11) is 7.12. The molecule has 194 valence electrons. The number of nitrogens with one attached hydrogen (secondary N) is 4. The Bertz CT molecular complexity index is 1460. The molecular formula is C28H30BCl2N7. The topological polar surface area (TPSA) is 88.0 Å². The van der Waals surface area contributed by atoms with Gasteiger partial charge in [-0.15, -0.1) is 5.53 Å². The highest BCUT2D eigenvalue weighted by molar-refractivity contribution is 6.36. The smallest absolute Gasteiger partial charge is 0.119 e. The van der Waals surface area contributed by atoms with Gasteiger partial charge in [-0.2, -0.15) is 5.26 Å². The Hall–Kier alpha value is -3.38. The van der Waals surface area contributed by atoms with E-state index in [9.17, 15) is 5.26 Å². The van der Waals surface area contributed by atoms with Crippen LogP contribution in [0.2, 0.25) is 10.0 Å². The average molecular weight is 546 g/mol. The van der Waals surface area contributed by atoms with Crippen LogP contribution in [0.3, 0.4) is 0 Å². The molecule has 2 radical (unpaired) electrons. The number of halogens is 2. The molecule has 0 saturated carbocycles. The second kappa shape index (κ2) is 10.8. The van der Waals surface area contributed by atoms with Crippen molar-refractivity contribution in [3.63, 3.8) is 0 Å². The highest BCUT2D eigenvalue weighted by Gasteiger charge is 2.36. The highest BCUT2D eigenvalue weighted by atomic mass is 35.5. The van der Waals surface area contributed by atoms with E-state index in [1.165, 1.54) is 6.20 Å². The Balaban J connectivity index is 1.85. The summed E-state index contributed by atoms with van der Waals surface area (Å²) >= 11 is 13.4. The lowest BCUT2D eigenvalue weighted by molar-refractivity contribution is 0.327. The van der Waals surface area contributed by atoms with Crippen LogP contribution in [-0.4, -0.2) is 24.4 Å². The van der Waals surface area contributed by atoms with Gasteiger partial charge >= 0.3 is 0 Å². The maximum atomic E-state index is 9.80. The molecule has 2 aromatic carbocycles. The molecule has 3 aromatic rings. The number of aromatic nitrogens is 1. The van der Waals surface area contributed by atoms with Crippen molar-refractivity contribution in [2.75, 3.05) is 17.2 Å². The van der Waals surface area contributed by atoms with Gasteiger partial charge < -0.3 is 16.1 Å². The first-order chi connectivity index (χ1) is 18.0. The van der Waals surface area contributed by atoms with E-state index in [0.717, 1.165) is 12.1 Å². The lowest BCUT2D eigenvalue weighted by atomic mass is 9.69. The van der Waals surface area contributed by atoms with Crippen molar-refractivity contribution in [1.29, 1.82) is 5.26 Å². The zero-order chi connectivity index (χ0) is 27.7. The van der Waals surface area contributed by atoms with Gasteiger partial charge in [0.05, 0.1) is 32.9 Å². The number of anilines is 2. The Kier molecular flexibility index (Phi) is 7.84. The van der Waals surface area contributed by atoms with E-state index in [4.69, 9.17) is 31.0 Å². The van der Waals surface area contributed by atoms with E-state index < -0.39 is 5.44 Å². The molecule has 0 fully saturated rings. The number of nitriles is 1. The SMILES string of the molecule is [B]C(Nc1cc(Cl)c2ncc(C#N)c(NCC(C)(C)C)c2c1)(C1=CN(C(=C)CC)NN1)c1ccccc1Cl. The third kappa shape index (κ3) is 5.56. The molecule has 4 N–H and O–H groups in total. The summed E-state index contributed by atoms with van der Waals surface area (Å²) in [6.45, 7) is 13.1. The molecule has 10 heteroatoms. The maximum Gasteiger partial charge on any atom is 0.119 e. The molecule has 38 heavy (non-hydrogen) atoms. The summed E-state index contributed by atoms with van der Waals surface area (Å²) in [5, 5.41) is 20.1. The molecule has 1 aliphatic heterocycles. The number of fused-ring (bicyclic) bond motifs is 1. The largest absolute Gasteiger partial charge is 0.383 e. The van der Waals surface area contributed by atoms with Crippen molar-refractivity contribution in [2.45, 2.75) is 39.6 Å². The second-order valence-electron chi connectivity index (χ2n) is 10.4. The molecular weight excluding hydrogens is 516 g/mol. The molecule has 0 saturated heterocycles. The zero-order valence-corrected chi connectivity index (χ0v) is 23.4. The minimum absolute atomic E-state index is 0.0135. The van der Waals surface area contributed by atoms with Crippen molar-refractivity contribution in [2.24, 2.45) is 5.41 Å². The number of nitrogens with zero attached hydrogens (tertiary/aromatic N) is 3. The van der Waals surface area contributed by atoms with Gasteiger partial charge in [0.1, 0.15) is 13.9 Å². The number of pyridine rings is 1. The van der Waals surface area contributed by atoms with Crippen molar-refractivity contribution < 1.29 is 0 Å². The Morgan fingerprint density at radius 1 is 1.21 bits per heavy atom. The van der Waals surface area contributed by atoms with Gasteiger partial charge in [-0.05, 0) is 35.6 Å². The number of allylic oxidation sites excluding steroid dienone is 1. The molecule has 7 nitrogen and oxygen atoms in total. The third-order valence-corrected chi connectivity index (χ3v) is 6.84. The van der Waals surface area contributed by atoms with Gasteiger partial charge in [0.2, 0.25) is 0 Å². The Morgan fingerprint density at radius 2 is 1.95 bits per heavy atom. The van der Waals surface area contributed by atoms with Crippen LogP contribution in [0.5, 0.6) is 0 Å². The van der Waals surface area contributed by atoms with Gasteiger partial charge in [-0.1, -0.05) is 75.7 Å². The molecule has 0 aliphatic carbocycles. The van der Waals surface area contributed by atoms with Gasteiger partial charge in [0, 0.05) is 40.7 Å². The monoisotopic (exact) mass is 545 g/mol. The summed E-state index contributed by atoms with van der Waals surface area (Å²) in [5.74, 6) is 0. The minimum Gasteiger partial charge on any atom is -0.383 e. The van der Waals surface area contributed by atoms with Crippen molar-refractivity contribution >= 4 is 53.3 Å². The molecule has 1 unspecified atom stereocenters. The molecule has 0 amide bonds. The summed E-state index contributed by atoms with van der Waals surface area (Å²) in [5.41, 5.74) is 9.36. The third-order valence-electron chi connectivity index (χ3n) is 6.22. The fraction of sp³-hybridized carbons (Fsp3) is 0.286. The number of hydrogen-bond donors (Lipinski definition) is 4. The van der Waals surface area contributed by atoms with E-state index in [1.807, 2.05) is 37.4 Å². The van der Waals surface area contributed by atoms with Crippen LogP contribution in [0.15, 0.2) is 66.8 Å². The van der Waals surface area contributed by atoms with Crippen LogP contribution in [0.4, 0.5) is 11.4 Å². The van der Waals surface area contributed by atoms with E-state index in [1.54, 1.807) is 17.1 Å². The van der Waals surface area contributed by atoms with E-state index in [0.29, 0.717) is 55.7 Å². The standard InChI is InChI=1S/C28H30BCl2N7/c1-6-17(2)38-15-24(36-37-38)28(29,21-9-7-8-10-22(21)30)35-19-11-20-25(34-16-27(3,4)5)18(13-32)14-33-26(20)23(31)12-19/h7-12,14-15,35-37H,2,6,16H2,1,3-5H3,(H,33,34). The van der Waals surface area contributed by atoms with Crippen LogP contribution >= 0.6 is 23.2 Å². The minimum atomic E-state index is -1.29. The second-order valence-corrected chi connectivity index (χ2v) is 11.2. The summed E-state index contributed by atoms with van der Waals surface area (Å²) in [4.78, 5) is 4.46. The molecule has 2 heterocycles. The first kappa shape index (κ1) is 27.7. The van der Waals surface area contributed by atoms with Crippen LogP contribution in [-0.2, 0) is 5.44 Å². The predicted octanol–water partition coefficient (Wildman–Crippen LogP) is 6.39. The number of hydrogen-bond acceptors (Lipinski definition) is 7. The predicted molar refractivity (Wildman–Crippen MR) is 158 cm³/mol. The molecule has 0 spiro atoms. The van der Waals surface area contributed by atoms with Crippen LogP contribution in [0.25, 0.3) is 10.9 Å². The molecule has 4 rings (SSSR count).